The second-order valence-electron chi connectivity index (χ2n) is 5.87. The maximum Gasteiger partial charge on any atom is 0.200 e. The largest absolute Gasteiger partial charge is 0.470 e. The molecule has 4 heterocycles. The lowest BCUT2D eigenvalue weighted by Gasteiger charge is -2.09. The van der Waals surface area contributed by atoms with Crippen LogP contribution in [0.3, 0.4) is 0 Å². The highest BCUT2D eigenvalue weighted by molar-refractivity contribution is 6.32. The van der Waals surface area contributed by atoms with Crippen LogP contribution in [0.1, 0.15) is 0 Å². The van der Waals surface area contributed by atoms with Crippen molar-refractivity contribution >= 4 is 28.3 Å². The first-order valence-corrected chi connectivity index (χ1v) is 8.51. The Balaban J connectivity index is 1.51. The van der Waals surface area contributed by atoms with Gasteiger partial charge in [0.2, 0.25) is 5.82 Å². The number of aromatic nitrogens is 8. The van der Waals surface area contributed by atoms with E-state index in [1.165, 1.54) is 0 Å². The van der Waals surface area contributed by atoms with E-state index in [1.54, 1.807) is 44.7 Å². The standard InChI is InChI=1S/C17H13ClN8O/c1-24-16-11(8-21-24)17-22-15(23-25(17)9-19-16)13-6-7-20-26(13)10-27-14-5-3-2-4-12(14)18/h2-9H,10H2,1H3. The Morgan fingerprint density at radius 1 is 1.11 bits per heavy atom. The minimum Gasteiger partial charge on any atom is -0.470 e. The van der Waals surface area contributed by atoms with Gasteiger partial charge >= 0.3 is 0 Å². The van der Waals surface area contributed by atoms with Crippen molar-refractivity contribution in [1.82, 2.24) is 39.1 Å². The highest BCUT2D eigenvalue weighted by atomic mass is 35.5. The first kappa shape index (κ1) is 15.8. The number of benzene rings is 1. The van der Waals surface area contributed by atoms with E-state index in [0.717, 1.165) is 16.7 Å². The number of para-hydroxylation sites is 1. The van der Waals surface area contributed by atoms with Gasteiger partial charge in [-0.05, 0) is 18.2 Å². The lowest BCUT2D eigenvalue weighted by atomic mass is 10.3. The van der Waals surface area contributed by atoms with Gasteiger partial charge in [0.15, 0.2) is 18.0 Å². The van der Waals surface area contributed by atoms with E-state index in [9.17, 15) is 0 Å². The van der Waals surface area contributed by atoms with Crippen LogP contribution in [0, 0.1) is 0 Å². The minimum atomic E-state index is 0.183. The number of halogens is 1. The molecule has 0 fully saturated rings. The molecular weight excluding hydrogens is 368 g/mol. The Kier molecular flexibility index (Phi) is 3.54. The summed E-state index contributed by atoms with van der Waals surface area (Å²) in [4.78, 5) is 9.02. The maximum absolute atomic E-state index is 6.13. The Bertz CT molecular complexity index is 1270. The maximum atomic E-state index is 6.13. The van der Waals surface area contributed by atoms with Crippen molar-refractivity contribution in [3.63, 3.8) is 0 Å². The van der Waals surface area contributed by atoms with E-state index in [4.69, 9.17) is 16.3 Å². The highest BCUT2D eigenvalue weighted by Crippen LogP contribution is 2.24. The molecule has 27 heavy (non-hydrogen) atoms. The molecule has 0 radical (unpaired) electrons. The number of ether oxygens (including phenoxy) is 1. The average molecular weight is 381 g/mol. The van der Waals surface area contributed by atoms with Crippen molar-refractivity contribution in [3.05, 3.63) is 54.1 Å². The number of rotatable bonds is 4. The van der Waals surface area contributed by atoms with Gasteiger partial charge in [0, 0.05) is 13.2 Å². The fourth-order valence-electron chi connectivity index (χ4n) is 2.87. The van der Waals surface area contributed by atoms with Gasteiger partial charge in [-0.25, -0.2) is 19.2 Å². The molecule has 1 aromatic carbocycles. The van der Waals surface area contributed by atoms with E-state index >= 15 is 0 Å². The van der Waals surface area contributed by atoms with E-state index in [0.29, 0.717) is 22.2 Å². The van der Waals surface area contributed by atoms with Crippen LogP contribution < -0.4 is 4.74 Å². The van der Waals surface area contributed by atoms with Crippen LogP contribution >= 0.6 is 11.6 Å². The third-order valence-electron chi connectivity index (χ3n) is 4.19. The van der Waals surface area contributed by atoms with Crippen molar-refractivity contribution in [2.75, 3.05) is 0 Å². The molecule has 0 aliphatic heterocycles. The van der Waals surface area contributed by atoms with Gasteiger partial charge in [-0.1, -0.05) is 23.7 Å². The molecule has 4 aromatic heterocycles. The monoisotopic (exact) mass is 380 g/mol. The zero-order chi connectivity index (χ0) is 18.4. The molecule has 5 aromatic rings. The molecule has 10 heteroatoms. The molecular formula is C17H13ClN8O. The fraction of sp³-hybridized carbons (Fsp3) is 0.118. The highest BCUT2D eigenvalue weighted by Gasteiger charge is 2.15. The van der Waals surface area contributed by atoms with Crippen molar-refractivity contribution in [1.29, 1.82) is 0 Å². The third kappa shape index (κ3) is 2.59. The quantitative estimate of drug-likeness (QED) is 0.476. The number of fused-ring (bicyclic) bond motifs is 3. The summed E-state index contributed by atoms with van der Waals surface area (Å²) < 4.78 is 10.8. The fourth-order valence-corrected chi connectivity index (χ4v) is 3.06. The van der Waals surface area contributed by atoms with Gasteiger partial charge in [0.1, 0.15) is 17.8 Å². The second-order valence-corrected chi connectivity index (χ2v) is 6.28. The molecule has 9 nitrogen and oxygen atoms in total. The Hall–Kier alpha value is -3.46. The lowest BCUT2D eigenvalue weighted by Crippen LogP contribution is -2.09. The topological polar surface area (TPSA) is 88.0 Å². The molecule has 0 saturated heterocycles. The second kappa shape index (κ2) is 6.06. The van der Waals surface area contributed by atoms with Crippen LogP contribution in [0.15, 0.2) is 49.1 Å². The van der Waals surface area contributed by atoms with Crippen LogP contribution in [0.5, 0.6) is 5.75 Å². The first-order valence-electron chi connectivity index (χ1n) is 8.13. The molecule has 0 N–H and O–H groups in total. The molecule has 0 aliphatic rings. The van der Waals surface area contributed by atoms with Crippen molar-refractivity contribution in [2.24, 2.45) is 7.05 Å². The van der Waals surface area contributed by atoms with Crippen molar-refractivity contribution in [2.45, 2.75) is 6.73 Å². The Morgan fingerprint density at radius 2 is 2.00 bits per heavy atom. The summed E-state index contributed by atoms with van der Waals surface area (Å²) in [6.07, 6.45) is 5.03. The summed E-state index contributed by atoms with van der Waals surface area (Å²) in [7, 11) is 1.84. The van der Waals surface area contributed by atoms with Gasteiger partial charge in [0.25, 0.3) is 0 Å². The average Bonchev–Trinajstić information content (AvgIpc) is 3.38. The van der Waals surface area contributed by atoms with Crippen LogP contribution in [0.25, 0.3) is 28.2 Å². The number of aryl methyl sites for hydroxylation is 1. The summed E-state index contributed by atoms with van der Waals surface area (Å²) in [5, 5.41) is 14.4. The molecule has 0 unspecified atom stereocenters. The third-order valence-corrected chi connectivity index (χ3v) is 4.51. The van der Waals surface area contributed by atoms with E-state index < -0.39 is 0 Å². The number of nitrogens with zero attached hydrogens (tertiary/aromatic N) is 8. The molecule has 5 rings (SSSR count). The number of hydrogen-bond acceptors (Lipinski definition) is 6. The van der Waals surface area contributed by atoms with E-state index in [2.05, 4.69) is 25.3 Å². The normalized spacial score (nSPS) is 11.5. The smallest absolute Gasteiger partial charge is 0.200 e. The van der Waals surface area contributed by atoms with Crippen LogP contribution in [0.4, 0.5) is 0 Å². The molecule has 0 amide bonds. The summed E-state index contributed by atoms with van der Waals surface area (Å²) in [5.74, 6) is 1.11. The van der Waals surface area contributed by atoms with E-state index in [-0.39, 0.29) is 6.73 Å². The minimum absolute atomic E-state index is 0.183. The van der Waals surface area contributed by atoms with Gasteiger partial charge in [-0.15, -0.1) is 5.10 Å². The van der Waals surface area contributed by atoms with Crippen molar-refractivity contribution < 1.29 is 4.74 Å². The Morgan fingerprint density at radius 3 is 2.89 bits per heavy atom. The Labute approximate surface area is 157 Å². The summed E-state index contributed by atoms with van der Waals surface area (Å²) in [6, 6.07) is 9.12. The van der Waals surface area contributed by atoms with Gasteiger partial charge < -0.3 is 4.74 Å². The van der Waals surface area contributed by atoms with Crippen molar-refractivity contribution in [3.8, 4) is 17.3 Å². The zero-order valence-corrected chi connectivity index (χ0v) is 14.9. The molecule has 0 aliphatic carbocycles. The van der Waals surface area contributed by atoms with Gasteiger partial charge in [0.05, 0.1) is 16.6 Å². The number of hydrogen-bond donors (Lipinski definition) is 0. The lowest BCUT2D eigenvalue weighted by molar-refractivity contribution is 0.223. The molecule has 0 spiro atoms. The predicted octanol–water partition coefficient (Wildman–Crippen LogP) is 2.56. The van der Waals surface area contributed by atoms with Gasteiger partial charge in [-0.2, -0.15) is 10.2 Å². The van der Waals surface area contributed by atoms with Crippen LogP contribution in [-0.2, 0) is 13.8 Å². The predicted molar refractivity (Wildman–Crippen MR) is 98.4 cm³/mol. The molecule has 0 bridgehead atoms. The summed E-state index contributed by atoms with van der Waals surface area (Å²) in [5.41, 5.74) is 2.16. The van der Waals surface area contributed by atoms with Crippen LogP contribution in [0.2, 0.25) is 5.02 Å². The summed E-state index contributed by atoms with van der Waals surface area (Å²) in [6.45, 7) is 0.183. The first-order chi connectivity index (χ1) is 13.2. The van der Waals surface area contributed by atoms with Crippen LogP contribution in [-0.4, -0.2) is 39.1 Å². The molecule has 0 atom stereocenters. The van der Waals surface area contributed by atoms with E-state index in [1.807, 2.05) is 25.2 Å². The molecule has 0 saturated carbocycles. The van der Waals surface area contributed by atoms with Gasteiger partial charge in [-0.3, -0.25) is 4.68 Å². The summed E-state index contributed by atoms with van der Waals surface area (Å²) >= 11 is 6.13. The SMILES string of the molecule is Cn1ncc2c1ncn1nc(-c3ccnn3COc3ccccc3Cl)nc21. The zero-order valence-electron chi connectivity index (χ0n) is 14.2. The molecule has 134 valence electrons.